The van der Waals surface area contributed by atoms with Gasteiger partial charge >= 0.3 is 6.03 Å². The molecule has 0 N–H and O–H groups in total. The lowest BCUT2D eigenvalue weighted by atomic mass is 9.98. The summed E-state index contributed by atoms with van der Waals surface area (Å²) >= 11 is 0. The third kappa shape index (κ3) is 1.73. The number of anilines is 1. The number of fused-ring (bicyclic) bond motifs is 2. The molecule has 0 saturated carbocycles. The summed E-state index contributed by atoms with van der Waals surface area (Å²) in [5, 5.41) is 0. The van der Waals surface area contributed by atoms with E-state index in [0.29, 0.717) is 5.69 Å². The van der Waals surface area contributed by atoms with Crippen LogP contribution >= 0.6 is 0 Å². The minimum absolute atomic E-state index is 0.216. The molecule has 0 spiro atoms. The second-order valence-corrected chi connectivity index (χ2v) is 5.49. The molecule has 1 aromatic rings. The zero-order chi connectivity index (χ0) is 14.4. The lowest BCUT2D eigenvalue weighted by Crippen LogP contribution is -2.39. The monoisotopic (exact) mass is 281 g/mol. The third-order valence-electron chi connectivity index (χ3n) is 4.24. The number of hydrogen-bond donors (Lipinski definition) is 0. The first-order valence-electron chi connectivity index (χ1n) is 7.26. The maximum Gasteiger partial charge on any atom is 0.336 e. The Labute approximate surface area is 122 Å². The minimum Gasteiger partial charge on any atom is -0.278 e. The van der Waals surface area contributed by atoms with Crippen molar-refractivity contribution in [3.63, 3.8) is 0 Å². The number of carbonyl (C=O) groups is 2. The maximum atomic E-state index is 12.7. The highest BCUT2D eigenvalue weighted by Crippen LogP contribution is 2.36. The fourth-order valence-corrected chi connectivity index (χ4v) is 3.22. The van der Waals surface area contributed by atoms with E-state index < -0.39 is 6.04 Å². The van der Waals surface area contributed by atoms with Gasteiger partial charge in [0.2, 0.25) is 0 Å². The molecule has 21 heavy (non-hydrogen) atoms. The molecular formula is C16H15N3O2. The predicted octanol–water partition coefficient (Wildman–Crippen LogP) is 2.69. The fraction of sp³-hybridized carbons (Fsp3) is 0.312. The van der Waals surface area contributed by atoms with Crippen molar-refractivity contribution in [2.24, 2.45) is 4.99 Å². The van der Waals surface area contributed by atoms with Crippen LogP contribution < -0.4 is 4.90 Å². The van der Waals surface area contributed by atoms with Crippen molar-refractivity contribution in [2.45, 2.75) is 31.7 Å². The van der Waals surface area contributed by atoms with Crippen LogP contribution in [0, 0.1) is 0 Å². The molecule has 1 unspecified atom stereocenters. The van der Waals surface area contributed by atoms with Gasteiger partial charge in [-0.2, -0.15) is 0 Å². The number of para-hydroxylation sites is 1. The first kappa shape index (κ1) is 12.3. The molecule has 5 heteroatoms. The van der Waals surface area contributed by atoms with Gasteiger partial charge in [-0.05, 0) is 37.8 Å². The zero-order valence-corrected chi connectivity index (χ0v) is 11.5. The first-order chi connectivity index (χ1) is 10.3. The van der Waals surface area contributed by atoms with Gasteiger partial charge in [0.1, 0.15) is 0 Å². The molecule has 4 rings (SSSR count). The zero-order valence-electron chi connectivity index (χ0n) is 11.5. The van der Waals surface area contributed by atoms with Crippen molar-refractivity contribution in [3.05, 3.63) is 41.7 Å². The molecule has 1 fully saturated rings. The second-order valence-electron chi connectivity index (χ2n) is 5.49. The Kier molecular flexibility index (Phi) is 2.67. The van der Waals surface area contributed by atoms with Crippen molar-refractivity contribution in [3.8, 4) is 0 Å². The van der Waals surface area contributed by atoms with E-state index in [0.717, 1.165) is 37.1 Å². The van der Waals surface area contributed by atoms with E-state index in [1.54, 1.807) is 23.2 Å². The normalized spacial score (nSPS) is 24.5. The SMILES string of the molecule is O=C1C2C=NC3=C(CCCC3)N2C(=O)N1c1ccccc1. The van der Waals surface area contributed by atoms with Gasteiger partial charge in [-0.3, -0.25) is 14.7 Å². The van der Waals surface area contributed by atoms with Gasteiger partial charge in [0, 0.05) is 11.9 Å². The molecule has 1 atom stereocenters. The van der Waals surface area contributed by atoms with E-state index in [1.165, 1.54) is 4.90 Å². The Hall–Kier alpha value is -2.43. The lowest BCUT2D eigenvalue weighted by molar-refractivity contribution is -0.117. The summed E-state index contributed by atoms with van der Waals surface area (Å²) in [7, 11) is 0. The molecule has 106 valence electrons. The van der Waals surface area contributed by atoms with Crippen molar-refractivity contribution in [1.82, 2.24) is 4.90 Å². The van der Waals surface area contributed by atoms with Crippen LogP contribution in [-0.2, 0) is 4.79 Å². The molecule has 2 aliphatic heterocycles. The van der Waals surface area contributed by atoms with Gasteiger partial charge in [0.25, 0.3) is 5.91 Å². The van der Waals surface area contributed by atoms with Gasteiger partial charge in [-0.25, -0.2) is 9.69 Å². The van der Waals surface area contributed by atoms with Crippen molar-refractivity contribution >= 4 is 23.8 Å². The topological polar surface area (TPSA) is 53.0 Å². The Morgan fingerprint density at radius 1 is 1.05 bits per heavy atom. The number of carbonyl (C=O) groups excluding carboxylic acids is 2. The van der Waals surface area contributed by atoms with Crippen molar-refractivity contribution in [2.75, 3.05) is 4.90 Å². The highest BCUT2D eigenvalue weighted by Gasteiger charge is 2.48. The molecule has 3 amide bonds. The summed E-state index contributed by atoms with van der Waals surface area (Å²) in [6, 6.07) is 8.25. The highest BCUT2D eigenvalue weighted by atomic mass is 16.2. The summed E-state index contributed by atoms with van der Waals surface area (Å²) in [6.07, 6.45) is 5.48. The number of urea groups is 1. The van der Waals surface area contributed by atoms with Gasteiger partial charge in [-0.15, -0.1) is 0 Å². The van der Waals surface area contributed by atoms with Gasteiger partial charge in [-0.1, -0.05) is 18.2 Å². The summed E-state index contributed by atoms with van der Waals surface area (Å²) in [5.74, 6) is -0.216. The molecule has 1 aromatic carbocycles. The summed E-state index contributed by atoms with van der Waals surface area (Å²) in [5.41, 5.74) is 2.52. The van der Waals surface area contributed by atoms with Crippen LogP contribution in [0.1, 0.15) is 25.7 Å². The predicted molar refractivity (Wildman–Crippen MR) is 78.9 cm³/mol. The Balaban J connectivity index is 1.77. The standard InChI is InChI=1S/C16H15N3O2/c20-15-14-10-17-12-8-4-5-9-13(12)19(14)16(21)18(15)11-6-2-1-3-7-11/h1-3,6-7,10,14H,4-5,8-9H2. The number of amides is 3. The molecule has 5 nitrogen and oxygen atoms in total. The first-order valence-corrected chi connectivity index (χ1v) is 7.26. The summed E-state index contributed by atoms with van der Waals surface area (Å²) in [4.78, 5) is 32.6. The average molecular weight is 281 g/mol. The van der Waals surface area contributed by atoms with Crippen molar-refractivity contribution < 1.29 is 9.59 Å². The number of imide groups is 1. The number of aliphatic imine (C=N–C) groups is 1. The maximum absolute atomic E-state index is 12.7. The molecule has 3 aliphatic rings. The number of nitrogens with zero attached hydrogens (tertiary/aromatic N) is 3. The lowest BCUT2D eigenvalue weighted by Gasteiger charge is -2.30. The fourth-order valence-electron chi connectivity index (χ4n) is 3.22. The third-order valence-corrected chi connectivity index (χ3v) is 4.24. The van der Waals surface area contributed by atoms with Crippen LogP contribution in [0.15, 0.2) is 46.7 Å². The number of benzene rings is 1. The van der Waals surface area contributed by atoms with Crippen LogP contribution in [0.25, 0.3) is 0 Å². The summed E-state index contributed by atoms with van der Waals surface area (Å²) in [6.45, 7) is 0. The van der Waals surface area contributed by atoms with Gasteiger partial charge in [0.05, 0.1) is 11.4 Å². The Morgan fingerprint density at radius 2 is 1.81 bits per heavy atom. The van der Waals surface area contributed by atoms with E-state index in [9.17, 15) is 9.59 Å². The quantitative estimate of drug-likeness (QED) is 0.743. The van der Waals surface area contributed by atoms with Crippen LogP contribution in [0.2, 0.25) is 0 Å². The van der Waals surface area contributed by atoms with E-state index in [1.807, 2.05) is 18.2 Å². The number of rotatable bonds is 1. The number of allylic oxidation sites excluding steroid dienone is 2. The summed E-state index contributed by atoms with van der Waals surface area (Å²) < 4.78 is 0. The van der Waals surface area contributed by atoms with Crippen LogP contribution in [0.4, 0.5) is 10.5 Å². The number of hydrogen-bond acceptors (Lipinski definition) is 3. The smallest absolute Gasteiger partial charge is 0.278 e. The second kappa shape index (κ2) is 4.55. The van der Waals surface area contributed by atoms with Crippen LogP contribution in [0.5, 0.6) is 0 Å². The van der Waals surface area contributed by atoms with E-state index in [-0.39, 0.29) is 11.9 Å². The molecular weight excluding hydrogens is 266 g/mol. The van der Waals surface area contributed by atoms with Crippen molar-refractivity contribution in [1.29, 1.82) is 0 Å². The minimum atomic E-state index is -0.574. The largest absolute Gasteiger partial charge is 0.336 e. The molecule has 0 bridgehead atoms. The molecule has 2 heterocycles. The van der Waals surface area contributed by atoms with Crippen LogP contribution in [-0.4, -0.2) is 29.1 Å². The Bertz CT molecular complexity index is 678. The highest BCUT2D eigenvalue weighted by molar-refractivity contribution is 6.27. The van der Waals surface area contributed by atoms with E-state index in [4.69, 9.17) is 0 Å². The molecule has 1 saturated heterocycles. The average Bonchev–Trinajstić information content (AvgIpc) is 2.80. The van der Waals surface area contributed by atoms with Gasteiger partial charge in [0.15, 0.2) is 6.04 Å². The van der Waals surface area contributed by atoms with Gasteiger partial charge < -0.3 is 0 Å². The van der Waals surface area contributed by atoms with E-state index in [2.05, 4.69) is 4.99 Å². The van der Waals surface area contributed by atoms with E-state index >= 15 is 0 Å². The van der Waals surface area contributed by atoms with Crippen LogP contribution in [0.3, 0.4) is 0 Å². The molecule has 0 radical (unpaired) electrons. The molecule has 1 aliphatic carbocycles. The molecule has 0 aromatic heterocycles. The Morgan fingerprint density at radius 3 is 2.62 bits per heavy atom.